The summed E-state index contributed by atoms with van der Waals surface area (Å²) < 4.78 is 5.26. The van der Waals surface area contributed by atoms with Gasteiger partial charge in [0, 0.05) is 12.5 Å². The number of amides is 2. The minimum absolute atomic E-state index is 0.0826. The summed E-state index contributed by atoms with van der Waals surface area (Å²) in [5, 5.41) is 2.85. The largest absolute Gasteiger partial charge is 0.445 e. The number of carbonyl (C=O) groups is 2. The molecule has 2 amide bonds. The minimum Gasteiger partial charge on any atom is -0.445 e. The van der Waals surface area contributed by atoms with Crippen LogP contribution < -0.4 is 11.1 Å². The molecule has 1 aliphatic rings. The number of ether oxygens (including phenoxy) is 1. The molecule has 0 saturated carbocycles. The van der Waals surface area contributed by atoms with Crippen molar-refractivity contribution in [1.82, 2.24) is 5.32 Å². The fourth-order valence-corrected chi connectivity index (χ4v) is 4.40. The van der Waals surface area contributed by atoms with Crippen LogP contribution in [0.3, 0.4) is 0 Å². The van der Waals surface area contributed by atoms with Gasteiger partial charge in [-0.3, -0.25) is 4.79 Å². The quantitative estimate of drug-likeness (QED) is 0.493. The lowest BCUT2D eigenvalue weighted by Crippen LogP contribution is -2.25. The average molecular weight is 437 g/mol. The van der Waals surface area contributed by atoms with Gasteiger partial charge in [0.25, 0.3) is 0 Å². The van der Waals surface area contributed by atoms with E-state index in [1.807, 2.05) is 37.3 Å². The molecule has 172 valence electrons. The Morgan fingerprint density at radius 1 is 0.969 bits per heavy atom. The van der Waals surface area contributed by atoms with E-state index in [0.717, 1.165) is 50.5 Å². The molecule has 3 N–H and O–H groups in total. The van der Waals surface area contributed by atoms with Gasteiger partial charge in [0.05, 0.1) is 0 Å². The van der Waals surface area contributed by atoms with Gasteiger partial charge in [-0.25, -0.2) is 4.79 Å². The molecule has 0 radical (unpaired) electrons. The predicted octanol–water partition coefficient (Wildman–Crippen LogP) is 4.87. The molecule has 5 heteroatoms. The fourth-order valence-electron chi connectivity index (χ4n) is 4.40. The molecule has 3 rings (SSSR count). The first-order valence-corrected chi connectivity index (χ1v) is 11.9. The van der Waals surface area contributed by atoms with Gasteiger partial charge in [-0.1, -0.05) is 49.4 Å². The number of nitrogens with one attached hydrogen (secondary N) is 1. The number of alkyl carbamates (subject to hydrolysis) is 1. The number of rotatable bonds is 11. The lowest BCUT2D eigenvalue weighted by molar-refractivity contribution is -0.121. The van der Waals surface area contributed by atoms with Gasteiger partial charge in [-0.05, 0) is 85.6 Å². The van der Waals surface area contributed by atoms with Gasteiger partial charge < -0.3 is 15.8 Å². The Balaban J connectivity index is 1.43. The van der Waals surface area contributed by atoms with Crippen LogP contribution in [-0.2, 0) is 41.8 Å². The van der Waals surface area contributed by atoms with E-state index < -0.39 is 0 Å². The summed E-state index contributed by atoms with van der Waals surface area (Å²) >= 11 is 0. The van der Waals surface area contributed by atoms with Crippen LogP contribution >= 0.6 is 0 Å². The summed E-state index contributed by atoms with van der Waals surface area (Å²) in [6.45, 7) is 2.83. The summed E-state index contributed by atoms with van der Waals surface area (Å²) in [4.78, 5) is 23.2. The number of carbonyl (C=O) groups excluding carboxylic acids is 2. The maximum absolute atomic E-state index is 11.9. The summed E-state index contributed by atoms with van der Waals surface area (Å²) in [5.41, 5.74) is 12.3. The average Bonchev–Trinajstić information content (AvgIpc) is 2.82. The number of hydrogen-bond acceptors (Lipinski definition) is 3. The molecule has 0 unspecified atom stereocenters. The van der Waals surface area contributed by atoms with Crippen molar-refractivity contribution in [3.8, 4) is 0 Å². The predicted molar refractivity (Wildman–Crippen MR) is 127 cm³/mol. The zero-order chi connectivity index (χ0) is 22.8. The summed E-state index contributed by atoms with van der Waals surface area (Å²) in [6, 6.07) is 14.2. The lowest BCUT2D eigenvalue weighted by Gasteiger charge is -2.23. The van der Waals surface area contributed by atoms with Crippen LogP contribution in [0.4, 0.5) is 4.79 Å². The molecule has 0 aromatic heterocycles. The molecule has 32 heavy (non-hydrogen) atoms. The van der Waals surface area contributed by atoms with E-state index >= 15 is 0 Å². The second-order valence-electron chi connectivity index (χ2n) is 8.84. The van der Waals surface area contributed by atoms with Crippen molar-refractivity contribution in [1.29, 1.82) is 0 Å². The number of nitrogens with two attached hydrogens (primary N) is 1. The highest BCUT2D eigenvalue weighted by Gasteiger charge is 2.18. The van der Waals surface area contributed by atoms with E-state index in [0.29, 0.717) is 13.2 Å². The SMILES string of the molecule is C[C@@H](CCc1ccc(CCCCNC(=O)OCc2ccccc2)c2c1CCCC2)C(N)=O. The third-order valence-corrected chi connectivity index (χ3v) is 6.42. The first-order chi connectivity index (χ1) is 15.5. The van der Waals surface area contributed by atoms with Crippen molar-refractivity contribution in [2.75, 3.05) is 6.54 Å². The van der Waals surface area contributed by atoms with Crippen LogP contribution in [0.2, 0.25) is 0 Å². The zero-order valence-electron chi connectivity index (χ0n) is 19.2. The maximum Gasteiger partial charge on any atom is 0.407 e. The van der Waals surface area contributed by atoms with E-state index in [4.69, 9.17) is 10.5 Å². The van der Waals surface area contributed by atoms with Crippen molar-refractivity contribution in [3.05, 3.63) is 70.3 Å². The Morgan fingerprint density at radius 3 is 2.28 bits per heavy atom. The molecule has 0 fully saturated rings. The Labute approximate surface area is 191 Å². The van der Waals surface area contributed by atoms with Crippen molar-refractivity contribution < 1.29 is 14.3 Å². The third-order valence-electron chi connectivity index (χ3n) is 6.42. The Hall–Kier alpha value is -2.82. The number of unbranched alkanes of at least 4 members (excludes halogenated alkanes) is 1. The number of hydrogen-bond donors (Lipinski definition) is 2. The third kappa shape index (κ3) is 7.11. The normalized spacial score (nSPS) is 13.8. The minimum atomic E-state index is -0.360. The molecule has 5 nitrogen and oxygen atoms in total. The second-order valence-corrected chi connectivity index (χ2v) is 8.84. The molecular weight excluding hydrogens is 400 g/mol. The highest BCUT2D eigenvalue weighted by molar-refractivity contribution is 5.76. The molecule has 2 aromatic rings. The van der Waals surface area contributed by atoms with Gasteiger partial charge in [0.2, 0.25) is 5.91 Å². The lowest BCUT2D eigenvalue weighted by atomic mass is 9.82. The number of aryl methyl sites for hydroxylation is 2. The molecule has 1 aliphatic carbocycles. The highest BCUT2D eigenvalue weighted by Crippen LogP contribution is 2.30. The van der Waals surface area contributed by atoms with Crippen LogP contribution in [0, 0.1) is 5.92 Å². The van der Waals surface area contributed by atoms with Gasteiger partial charge in [-0.2, -0.15) is 0 Å². The second kappa shape index (κ2) is 12.3. The van der Waals surface area contributed by atoms with Crippen LogP contribution in [0.1, 0.15) is 66.8 Å². The Bertz CT molecular complexity index is 895. The molecular formula is C27H36N2O3. The topological polar surface area (TPSA) is 81.4 Å². The van der Waals surface area contributed by atoms with Crippen LogP contribution in [0.5, 0.6) is 0 Å². The summed E-state index contributed by atoms with van der Waals surface area (Å²) in [6.07, 6.45) is 9.12. The van der Waals surface area contributed by atoms with Crippen molar-refractivity contribution >= 4 is 12.0 Å². The van der Waals surface area contributed by atoms with Crippen molar-refractivity contribution in [2.24, 2.45) is 11.7 Å². The van der Waals surface area contributed by atoms with E-state index in [9.17, 15) is 9.59 Å². The molecule has 0 saturated heterocycles. The number of fused-ring (bicyclic) bond motifs is 1. The van der Waals surface area contributed by atoms with Gasteiger partial charge >= 0.3 is 6.09 Å². The van der Waals surface area contributed by atoms with Crippen molar-refractivity contribution in [2.45, 2.75) is 71.3 Å². The molecule has 1 atom stereocenters. The van der Waals surface area contributed by atoms with Gasteiger partial charge in [-0.15, -0.1) is 0 Å². The highest BCUT2D eigenvalue weighted by atomic mass is 16.5. The molecule has 0 heterocycles. The Morgan fingerprint density at radius 2 is 1.62 bits per heavy atom. The molecule has 0 aliphatic heterocycles. The van der Waals surface area contributed by atoms with Gasteiger partial charge in [0.15, 0.2) is 0 Å². The van der Waals surface area contributed by atoms with E-state index in [-0.39, 0.29) is 17.9 Å². The van der Waals surface area contributed by atoms with Crippen LogP contribution in [-0.4, -0.2) is 18.5 Å². The summed E-state index contributed by atoms with van der Waals surface area (Å²) in [7, 11) is 0. The smallest absolute Gasteiger partial charge is 0.407 e. The van der Waals surface area contributed by atoms with Crippen LogP contribution in [0.25, 0.3) is 0 Å². The standard InChI is InChI=1S/C27H36N2O3/c1-20(26(28)30)14-15-23-17-16-22(24-12-5-6-13-25(23)24)11-7-8-18-29-27(31)32-19-21-9-3-2-4-10-21/h2-4,9-10,16-17,20H,5-8,11-15,18-19H2,1H3,(H2,28,30)(H,29,31)/t20-/m0/s1. The van der Waals surface area contributed by atoms with Gasteiger partial charge in [0.1, 0.15) is 6.61 Å². The first-order valence-electron chi connectivity index (χ1n) is 11.9. The first kappa shape index (κ1) is 23.8. The summed E-state index contributed by atoms with van der Waals surface area (Å²) in [5.74, 6) is -0.297. The Kier molecular flexibility index (Phi) is 9.14. The molecule has 2 aromatic carbocycles. The van der Waals surface area contributed by atoms with E-state index in [2.05, 4.69) is 17.4 Å². The fraction of sp³-hybridized carbons (Fsp3) is 0.481. The zero-order valence-corrected chi connectivity index (χ0v) is 19.2. The van der Waals surface area contributed by atoms with E-state index in [1.165, 1.54) is 35.1 Å². The van der Waals surface area contributed by atoms with E-state index in [1.54, 1.807) is 0 Å². The maximum atomic E-state index is 11.9. The number of primary amides is 1. The monoisotopic (exact) mass is 436 g/mol. The van der Waals surface area contributed by atoms with Crippen LogP contribution in [0.15, 0.2) is 42.5 Å². The molecule has 0 spiro atoms. The van der Waals surface area contributed by atoms with Crippen molar-refractivity contribution in [3.63, 3.8) is 0 Å². The molecule has 0 bridgehead atoms. The number of benzene rings is 2.